The number of carbonyl (C=O) groups excluding carboxylic acids is 3. The number of nitrogens with one attached hydrogen (secondary N) is 1. The van der Waals surface area contributed by atoms with Crippen LogP contribution in [0.5, 0.6) is 11.5 Å². The highest BCUT2D eigenvalue weighted by molar-refractivity contribution is 6.32. The first kappa shape index (κ1) is 22.9. The number of fused-ring (bicyclic) bond motifs is 1. The molecule has 0 bridgehead atoms. The molecule has 1 atom stereocenters. The van der Waals surface area contributed by atoms with E-state index in [1.807, 2.05) is 0 Å². The molecule has 33 heavy (non-hydrogen) atoms. The number of benzene rings is 2. The Labute approximate surface area is 197 Å². The van der Waals surface area contributed by atoms with Crippen LogP contribution in [0.25, 0.3) is 0 Å². The fraction of sp³-hybridized carbons (Fsp3) is 0.375. The highest BCUT2D eigenvalue weighted by atomic mass is 35.5. The van der Waals surface area contributed by atoms with Crippen LogP contribution >= 0.6 is 11.6 Å². The second-order valence-electron chi connectivity index (χ2n) is 8.08. The topological polar surface area (TPSA) is 88.2 Å². The van der Waals surface area contributed by atoms with Gasteiger partial charge in [-0.2, -0.15) is 0 Å². The van der Waals surface area contributed by atoms with Crippen LogP contribution in [0.3, 0.4) is 0 Å². The summed E-state index contributed by atoms with van der Waals surface area (Å²) in [5.41, 5.74) is 0.913. The minimum Gasteiger partial charge on any atom is -0.482 e. The Morgan fingerprint density at radius 2 is 1.91 bits per heavy atom. The average molecular weight is 472 g/mol. The van der Waals surface area contributed by atoms with Gasteiger partial charge in [0.05, 0.1) is 10.7 Å². The molecular formula is C24H26ClN3O5. The van der Waals surface area contributed by atoms with Crippen molar-refractivity contribution in [2.24, 2.45) is 0 Å². The van der Waals surface area contributed by atoms with Crippen LogP contribution in [0.4, 0.5) is 11.4 Å². The van der Waals surface area contributed by atoms with Crippen molar-refractivity contribution in [1.82, 2.24) is 4.90 Å². The molecule has 0 radical (unpaired) electrons. The minimum absolute atomic E-state index is 0.0629. The van der Waals surface area contributed by atoms with Crippen LogP contribution in [0, 0.1) is 0 Å². The van der Waals surface area contributed by atoms with Gasteiger partial charge in [-0.25, -0.2) is 0 Å². The molecule has 2 aromatic rings. The smallest absolute Gasteiger partial charge is 0.268 e. The number of carbonyl (C=O) groups is 3. The van der Waals surface area contributed by atoms with Crippen molar-refractivity contribution in [3.63, 3.8) is 0 Å². The number of hydrogen-bond acceptors (Lipinski definition) is 5. The Bertz CT molecular complexity index is 1050. The number of ether oxygens (including phenoxy) is 2. The van der Waals surface area contributed by atoms with Gasteiger partial charge >= 0.3 is 0 Å². The van der Waals surface area contributed by atoms with Gasteiger partial charge < -0.3 is 19.7 Å². The fourth-order valence-electron chi connectivity index (χ4n) is 3.93. The van der Waals surface area contributed by atoms with Gasteiger partial charge in [-0.1, -0.05) is 23.7 Å². The molecule has 2 aliphatic rings. The molecule has 2 aliphatic heterocycles. The van der Waals surface area contributed by atoms with Crippen molar-refractivity contribution >= 4 is 40.7 Å². The normalized spacial score (nSPS) is 17.8. The van der Waals surface area contributed by atoms with Crippen LogP contribution in [0.2, 0.25) is 5.02 Å². The van der Waals surface area contributed by atoms with Gasteiger partial charge in [0, 0.05) is 18.8 Å². The predicted molar refractivity (Wildman–Crippen MR) is 125 cm³/mol. The molecule has 9 heteroatoms. The minimum atomic E-state index is -0.698. The first-order valence-electron chi connectivity index (χ1n) is 11.0. The van der Waals surface area contributed by atoms with Crippen molar-refractivity contribution in [2.75, 3.05) is 36.5 Å². The Hall–Kier alpha value is -3.26. The largest absolute Gasteiger partial charge is 0.482 e. The lowest BCUT2D eigenvalue weighted by molar-refractivity contribution is -0.133. The molecule has 1 unspecified atom stereocenters. The molecule has 1 saturated heterocycles. The molecule has 2 heterocycles. The number of piperidine rings is 1. The molecule has 4 rings (SSSR count). The summed E-state index contributed by atoms with van der Waals surface area (Å²) in [7, 11) is 0. The summed E-state index contributed by atoms with van der Waals surface area (Å²) >= 11 is 6.05. The van der Waals surface area contributed by atoms with Crippen LogP contribution < -0.4 is 19.7 Å². The third-order valence-electron chi connectivity index (χ3n) is 5.65. The number of anilines is 2. The molecule has 3 amide bonds. The first-order valence-corrected chi connectivity index (χ1v) is 11.4. The number of hydrogen-bond donors (Lipinski definition) is 1. The second-order valence-corrected chi connectivity index (χ2v) is 8.48. The number of likely N-dealkylation sites (tertiary alicyclic amines) is 1. The summed E-state index contributed by atoms with van der Waals surface area (Å²) in [5, 5.41) is 3.16. The van der Waals surface area contributed by atoms with E-state index in [1.165, 1.54) is 4.90 Å². The van der Waals surface area contributed by atoms with Crippen LogP contribution in [-0.4, -0.2) is 55.0 Å². The van der Waals surface area contributed by atoms with Gasteiger partial charge in [0.2, 0.25) is 5.91 Å². The molecular weight excluding hydrogens is 446 g/mol. The van der Waals surface area contributed by atoms with Crippen molar-refractivity contribution in [3.8, 4) is 11.5 Å². The van der Waals surface area contributed by atoms with Crippen molar-refractivity contribution < 1.29 is 23.9 Å². The lowest BCUT2D eigenvalue weighted by atomic mass is 10.1. The van der Waals surface area contributed by atoms with Gasteiger partial charge in [0.25, 0.3) is 11.8 Å². The molecule has 0 aromatic heterocycles. The van der Waals surface area contributed by atoms with E-state index in [4.69, 9.17) is 21.1 Å². The highest BCUT2D eigenvalue weighted by Gasteiger charge is 2.34. The molecule has 0 saturated carbocycles. The van der Waals surface area contributed by atoms with E-state index in [-0.39, 0.29) is 30.9 Å². The Morgan fingerprint density at radius 1 is 1.15 bits per heavy atom. The van der Waals surface area contributed by atoms with E-state index in [0.29, 0.717) is 41.0 Å². The fourth-order valence-corrected chi connectivity index (χ4v) is 4.12. The van der Waals surface area contributed by atoms with Gasteiger partial charge in [-0.3, -0.25) is 19.3 Å². The zero-order valence-corrected chi connectivity index (χ0v) is 19.1. The molecule has 0 aliphatic carbocycles. The zero-order chi connectivity index (χ0) is 23.4. The summed E-state index contributed by atoms with van der Waals surface area (Å²) < 4.78 is 11.2. The van der Waals surface area contributed by atoms with Crippen molar-refractivity contribution in [2.45, 2.75) is 32.3 Å². The SMILES string of the molecule is CC1Oc2ccc(NC(=O)COc3ccccc3Cl)cc2N(CC(=O)N2CCCCC2)C1=O. The lowest BCUT2D eigenvalue weighted by Crippen LogP contribution is -2.50. The molecule has 8 nitrogen and oxygen atoms in total. The van der Waals surface area contributed by atoms with E-state index < -0.39 is 6.10 Å². The van der Waals surface area contributed by atoms with E-state index in [2.05, 4.69) is 5.32 Å². The summed E-state index contributed by atoms with van der Waals surface area (Å²) in [6, 6.07) is 11.9. The zero-order valence-electron chi connectivity index (χ0n) is 18.4. The summed E-state index contributed by atoms with van der Waals surface area (Å²) in [6.07, 6.45) is 2.37. The van der Waals surface area contributed by atoms with E-state index >= 15 is 0 Å². The summed E-state index contributed by atoms with van der Waals surface area (Å²) in [6.45, 7) is 2.78. The van der Waals surface area contributed by atoms with Crippen molar-refractivity contribution in [3.05, 3.63) is 47.5 Å². The third-order valence-corrected chi connectivity index (χ3v) is 5.96. The predicted octanol–water partition coefficient (Wildman–Crippen LogP) is 3.48. The molecule has 174 valence electrons. The second kappa shape index (κ2) is 10.1. The Kier molecular flexibility index (Phi) is 7.03. The Balaban J connectivity index is 1.46. The van der Waals surface area contributed by atoms with Gasteiger partial charge in [0.15, 0.2) is 12.7 Å². The van der Waals surface area contributed by atoms with Crippen LogP contribution in [0.1, 0.15) is 26.2 Å². The van der Waals surface area contributed by atoms with Gasteiger partial charge in [-0.05, 0) is 56.5 Å². The number of halogens is 1. The van der Waals surface area contributed by atoms with Gasteiger partial charge in [-0.15, -0.1) is 0 Å². The van der Waals surface area contributed by atoms with E-state index in [1.54, 1.807) is 54.3 Å². The number of rotatable bonds is 6. The van der Waals surface area contributed by atoms with Crippen LogP contribution in [0.15, 0.2) is 42.5 Å². The average Bonchev–Trinajstić information content (AvgIpc) is 2.82. The van der Waals surface area contributed by atoms with E-state index in [0.717, 1.165) is 19.3 Å². The molecule has 1 N–H and O–H groups in total. The number of nitrogens with zero attached hydrogens (tertiary/aromatic N) is 2. The standard InChI is InChI=1S/C24H26ClN3O5/c1-16-24(31)28(14-23(30)27-11-5-2-6-12-27)19-13-17(9-10-21(19)33-16)26-22(29)15-32-20-8-4-3-7-18(20)25/h3-4,7-10,13,16H,2,5-6,11-12,14-15H2,1H3,(H,26,29). The third kappa shape index (κ3) is 5.39. The molecule has 1 fully saturated rings. The van der Waals surface area contributed by atoms with Crippen LogP contribution in [-0.2, 0) is 14.4 Å². The molecule has 2 aromatic carbocycles. The number of amides is 3. The Morgan fingerprint density at radius 3 is 2.67 bits per heavy atom. The summed E-state index contributed by atoms with van der Waals surface area (Å²) in [5.74, 6) is 0.125. The lowest BCUT2D eigenvalue weighted by Gasteiger charge is -2.35. The first-order chi connectivity index (χ1) is 15.9. The maximum absolute atomic E-state index is 12.8. The highest BCUT2D eigenvalue weighted by Crippen LogP contribution is 2.36. The van der Waals surface area contributed by atoms with E-state index in [9.17, 15) is 14.4 Å². The van der Waals surface area contributed by atoms with Crippen molar-refractivity contribution in [1.29, 1.82) is 0 Å². The summed E-state index contributed by atoms with van der Waals surface area (Å²) in [4.78, 5) is 41.3. The monoisotopic (exact) mass is 471 g/mol. The maximum atomic E-state index is 12.8. The number of para-hydroxylation sites is 1. The maximum Gasteiger partial charge on any atom is 0.268 e. The molecule has 0 spiro atoms. The quantitative estimate of drug-likeness (QED) is 0.696. The van der Waals surface area contributed by atoms with Gasteiger partial charge in [0.1, 0.15) is 18.0 Å².